The molecule has 0 unspecified atom stereocenters. The SMILES string of the molecule is Cc1ccc(S(=O)(=O)n2ccc3c(I)c(Cl)cnc32)cc1. The molecular weight excluding hydrogens is 423 g/mol. The largest absolute Gasteiger partial charge is 0.269 e. The number of pyridine rings is 1. The molecule has 3 aromatic rings. The summed E-state index contributed by atoms with van der Waals surface area (Å²) in [5.74, 6) is 0. The van der Waals surface area contributed by atoms with E-state index in [0.29, 0.717) is 10.7 Å². The van der Waals surface area contributed by atoms with Gasteiger partial charge >= 0.3 is 0 Å². The van der Waals surface area contributed by atoms with Crippen molar-refractivity contribution in [1.29, 1.82) is 0 Å². The van der Waals surface area contributed by atoms with Gasteiger partial charge in [-0.2, -0.15) is 0 Å². The molecule has 0 radical (unpaired) electrons. The van der Waals surface area contributed by atoms with Crippen LogP contribution in [-0.2, 0) is 10.0 Å². The number of fused-ring (bicyclic) bond motifs is 1. The Morgan fingerprint density at radius 1 is 1.19 bits per heavy atom. The zero-order valence-corrected chi connectivity index (χ0v) is 14.6. The van der Waals surface area contributed by atoms with Gasteiger partial charge in [-0.1, -0.05) is 29.3 Å². The molecule has 2 heterocycles. The molecule has 4 nitrogen and oxygen atoms in total. The Kier molecular flexibility index (Phi) is 3.71. The van der Waals surface area contributed by atoms with Gasteiger partial charge in [0.1, 0.15) is 0 Å². The highest BCUT2D eigenvalue weighted by atomic mass is 127. The molecule has 0 bridgehead atoms. The van der Waals surface area contributed by atoms with Crippen LogP contribution in [0.2, 0.25) is 5.02 Å². The molecule has 0 spiro atoms. The van der Waals surface area contributed by atoms with Crippen LogP contribution in [0.5, 0.6) is 0 Å². The predicted molar refractivity (Wildman–Crippen MR) is 91.2 cm³/mol. The van der Waals surface area contributed by atoms with E-state index in [4.69, 9.17) is 11.6 Å². The summed E-state index contributed by atoms with van der Waals surface area (Å²) in [6.07, 6.45) is 2.97. The van der Waals surface area contributed by atoms with Crippen LogP contribution in [0.1, 0.15) is 5.56 Å². The van der Waals surface area contributed by atoms with Gasteiger partial charge in [0.25, 0.3) is 10.0 Å². The lowest BCUT2D eigenvalue weighted by Gasteiger charge is -2.07. The molecule has 0 N–H and O–H groups in total. The molecule has 1 aromatic carbocycles. The van der Waals surface area contributed by atoms with Crippen molar-refractivity contribution in [3.05, 3.63) is 56.9 Å². The van der Waals surface area contributed by atoms with Crippen molar-refractivity contribution in [2.24, 2.45) is 0 Å². The van der Waals surface area contributed by atoms with Crippen LogP contribution < -0.4 is 0 Å². The molecule has 0 atom stereocenters. The molecule has 7 heteroatoms. The molecule has 21 heavy (non-hydrogen) atoms. The van der Waals surface area contributed by atoms with Gasteiger partial charge < -0.3 is 0 Å². The third-order valence-corrected chi connectivity index (χ3v) is 6.60. The number of aromatic nitrogens is 2. The van der Waals surface area contributed by atoms with Crippen molar-refractivity contribution >= 4 is 55.2 Å². The van der Waals surface area contributed by atoms with E-state index in [9.17, 15) is 8.42 Å². The van der Waals surface area contributed by atoms with Crippen LogP contribution in [0.15, 0.2) is 47.6 Å². The Labute approximate surface area is 140 Å². The summed E-state index contributed by atoms with van der Waals surface area (Å²) in [5.41, 5.74) is 1.38. The van der Waals surface area contributed by atoms with Gasteiger partial charge in [0, 0.05) is 21.4 Å². The minimum atomic E-state index is -3.66. The monoisotopic (exact) mass is 432 g/mol. The molecule has 0 fully saturated rings. The Morgan fingerprint density at radius 3 is 2.52 bits per heavy atom. The second-order valence-corrected chi connectivity index (χ2v) is 7.89. The third kappa shape index (κ3) is 2.45. The lowest BCUT2D eigenvalue weighted by Crippen LogP contribution is -2.12. The van der Waals surface area contributed by atoms with Crippen LogP contribution in [-0.4, -0.2) is 17.4 Å². The Bertz CT molecular complexity index is 934. The molecule has 0 aliphatic heterocycles. The molecule has 0 saturated heterocycles. The summed E-state index contributed by atoms with van der Waals surface area (Å²) in [4.78, 5) is 4.39. The first-order valence-corrected chi connectivity index (χ1v) is 8.94. The van der Waals surface area contributed by atoms with E-state index >= 15 is 0 Å². The summed E-state index contributed by atoms with van der Waals surface area (Å²) in [6, 6.07) is 8.44. The Morgan fingerprint density at radius 2 is 1.86 bits per heavy atom. The fraction of sp³-hybridized carbons (Fsp3) is 0.0714. The van der Waals surface area contributed by atoms with Crippen LogP contribution in [0.4, 0.5) is 0 Å². The lowest BCUT2D eigenvalue weighted by atomic mass is 10.2. The van der Waals surface area contributed by atoms with E-state index in [0.717, 1.165) is 14.5 Å². The number of aryl methyl sites for hydroxylation is 1. The van der Waals surface area contributed by atoms with Gasteiger partial charge in [-0.3, -0.25) is 0 Å². The fourth-order valence-electron chi connectivity index (χ4n) is 2.02. The number of rotatable bonds is 2. The topological polar surface area (TPSA) is 52.0 Å². The van der Waals surface area contributed by atoms with Crippen LogP contribution in [0, 0.1) is 10.5 Å². The number of hydrogen-bond acceptors (Lipinski definition) is 3. The predicted octanol–water partition coefficient (Wildman–Crippen LogP) is 3.84. The average Bonchev–Trinajstić information content (AvgIpc) is 2.89. The van der Waals surface area contributed by atoms with Crippen LogP contribution >= 0.6 is 34.2 Å². The highest BCUT2D eigenvalue weighted by molar-refractivity contribution is 14.1. The van der Waals surface area contributed by atoms with Crippen molar-refractivity contribution in [3.8, 4) is 0 Å². The average molecular weight is 433 g/mol. The number of nitrogens with zero attached hydrogens (tertiary/aromatic N) is 2. The van der Waals surface area contributed by atoms with E-state index in [1.54, 1.807) is 30.3 Å². The summed E-state index contributed by atoms with van der Waals surface area (Å²) in [5, 5.41) is 1.23. The van der Waals surface area contributed by atoms with Gasteiger partial charge in [-0.05, 0) is 47.7 Å². The van der Waals surface area contributed by atoms with Gasteiger partial charge in [-0.25, -0.2) is 17.4 Å². The molecule has 2 aromatic heterocycles. The third-order valence-electron chi connectivity index (χ3n) is 3.15. The van der Waals surface area contributed by atoms with Crippen molar-refractivity contribution in [1.82, 2.24) is 8.96 Å². The maximum atomic E-state index is 12.7. The zero-order valence-electron chi connectivity index (χ0n) is 10.9. The van der Waals surface area contributed by atoms with Crippen molar-refractivity contribution < 1.29 is 8.42 Å². The Hall–Kier alpha value is -1.12. The molecule has 0 saturated carbocycles. The highest BCUT2D eigenvalue weighted by Gasteiger charge is 2.20. The standard InChI is InChI=1S/C14H10ClIN2O2S/c1-9-2-4-10(5-3-9)21(19,20)18-7-6-11-13(16)12(15)8-17-14(11)18/h2-8H,1H3. The molecule has 0 amide bonds. The minimum Gasteiger partial charge on any atom is -0.236 e. The first-order chi connectivity index (χ1) is 9.91. The minimum absolute atomic E-state index is 0.234. The van der Waals surface area contributed by atoms with Gasteiger partial charge in [0.2, 0.25) is 0 Å². The van der Waals surface area contributed by atoms with Gasteiger partial charge in [-0.15, -0.1) is 0 Å². The molecular formula is C14H10ClIN2O2S. The van der Waals surface area contributed by atoms with Crippen molar-refractivity contribution in [2.45, 2.75) is 11.8 Å². The van der Waals surface area contributed by atoms with Crippen LogP contribution in [0.3, 0.4) is 0 Å². The summed E-state index contributed by atoms with van der Waals surface area (Å²) < 4.78 is 27.4. The molecule has 108 valence electrons. The molecule has 0 aliphatic carbocycles. The number of benzene rings is 1. The Balaban J connectivity index is 2.25. The second kappa shape index (κ2) is 5.26. The van der Waals surface area contributed by atoms with E-state index in [-0.39, 0.29) is 4.90 Å². The molecule has 0 aliphatic rings. The van der Waals surface area contributed by atoms with Crippen LogP contribution in [0.25, 0.3) is 11.0 Å². The summed E-state index contributed by atoms with van der Waals surface area (Å²) in [6.45, 7) is 1.91. The highest BCUT2D eigenvalue weighted by Crippen LogP contribution is 2.28. The fourth-order valence-corrected chi connectivity index (χ4v) is 4.04. The van der Waals surface area contributed by atoms with Gasteiger partial charge in [0.05, 0.1) is 9.92 Å². The molecule has 3 rings (SSSR count). The maximum Gasteiger partial charge on any atom is 0.269 e. The zero-order chi connectivity index (χ0) is 15.2. The van der Waals surface area contributed by atoms with E-state index < -0.39 is 10.0 Å². The quantitative estimate of drug-likeness (QED) is 0.578. The summed E-state index contributed by atoms with van der Waals surface area (Å²) in [7, 11) is -3.66. The van der Waals surface area contributed by atoms with E-state index in [1.165, 1.54) is 16.4 Å². The maximum absolute atomic E-state index is 12.7. The lowest BCUT2D eigenvalue weighted by molar-refractivity contribution is 0.588. The smallest absolute Gasteiger partial charge is 0.236 e. The number of hydrogen-bond donors (Lipinski definition) is 0. The second-order valence-electron chi connectivity index (χ2n) is 4.59. The van der Waals surface area contributed by atoms with E-state index in [1.807, 2.05) is 6.92 Å². The van der Waals surface area contributed by atoms with Gasteiger partial charge in [0.15, 0.2) is 5.65 Å². The first-order valence-electron chi connectivity index (χ1n) is 6.04. The summed E-state index contributed by atoms with van der Waals surface area (Å²) >= 11 is 8.10. The van der Waals surface area contributed by atoms with E-state index in [2.05, 4.69) is 27.6 Å². The number of halogens is 2. The van der Waals surface area contributed by atoms with Crippen molar-refractivity contribution in [2.75, 3.05) is 0 Å². The first kappa shape index (κ1) is 14.8. The van der Waals surface area contributed by atoms with Crippen molar-refractivity contribution in [3.63, 3.8) is 0 Å². The normalized spacial score (nSPS) is 12.0.